The first-order valence-electron chi connectivity index (χ1n) is 8.67. The third-order valence-electron chi connectivity index (χ3n) is 4.54. The Kier molecular flexibility index (Phi) is 5.07. The molecule has 0 radical (unpaired) electrons. The molecule has 0 aliphatic heterocycles. The van der Waals surface area contributed by atoms with Gasteiger partial charge in [-0.25, -0.2) is 0 Å². The molecule has 0 spiro atoms. The zero-order valence-electron chi connectivity index (χ0n) is 15.9. The number of nitro benzene ring substituents is 1. The number of hydrogen-bond acceptors (Lipinski definition) is 4. The number of nitrogens with zero attached hydrogens (tertiary/aromatic N) is 3. The van der Waals surface area contributed by atoms with Gasteiger partial charge >= 0.3 is 0 Å². The van der Waals surface area contributed by atoms with Crippen LogP contribution in [-0.2, 0) is 0 Å². The molecule has 0 saturated heterocycles. The van der Waals surface area contributed by atoms with E-state index in [4.69, 9.17) is 0 Å². The summed E-state index contributed by atoms with van der Waals surface area (Å²) in [7, 11) is 0. The highest BCUT2D eigenvalue weighted by Crippen LogP contribution is 2.23. The van der Waals surface area contributed by atoms with Crippen LogP contribution in [0.2, 0.25) is 0 Å². The monoisotopic (exact) mass is 362 g/mol. The van der Waals surface area contributed by atoms with Gasteiger partial charge < -0.3 is 4.57 Å². The number of hydrogen-bond donors (Lipinski definition) is 1. The Bertz CT molecular complexity index is 1020. The molecule has 0 atom stereocenters. The second-order valence-electron chi connectivity index (χ2n) is 6.63. The minimum atomic E-state index is -0.422. The smallest absolute Gasteiger partial charge is 0.269 e. The Morgan fingerprint density at radius 2 is 1.74 bits per heavy atom. The van der Waals surface area contributed by atoms with Crippen LogP contribution in [0, 0.1) is 37.8 Å². The van der Waals surface area contributed by atoms with E-state index in [0.29, 0.717) is 5.69 Å². The fourth-order valence-electron chi connectivity index (χ4n) is 3.18. The molecule has 0 aliphatic rings. The Morgan fingerprint density at radius 1 is 1.04 bits per heavy atom. The molecular formula is C21H22N4O2. The molecule has 0 aliphatic carbocycles. The van der Waals surface area contributed by atoms with Crippen molar-refractivity contribution in [3.63, 3.8) is 0 Å². The van der Waals surface area contributed by atoms with Crippen LogP contribution in [0.15, 0.2) is 53.6 Å². The molecule has 1 N–H and O–H groups in total. The van der Waals surface area contributed by atoms with E-state index in [9.17, 15) is 10.1 Å². The quantitative estimate of drug-likeness (QED) is 0.391. The summed E-state index contributed by atoms with van der Waals surface area (Å²) >= 11 is 0. The minimum absolute atomic E-state index is 0.0570. The predicted octanol–water partition coefficient (Wildman–Crippen LogP) is 5.07. The van der Waals surface area contributed by atoms with Crippen LogP contribution < -0.4 is 5.43 Å². The Labute approximate surface area is 158 Å². The Hall–Kier alpha value is -3.41. The van der Waals surface area contributed by atoms with Gasteiger partial charge in [-0.15, -0.1) is 0 Å². The standard InChI is InChI=1S/C21H22N4O2/c1-14-5-10-21(15(2)11-14)24-16(3)12-18(17(24)4)13-22-23-19-6-8-20(9-7-19)25(26)27/h5-13,23H,1-4H3/b22-13-. The summed E-state index contributed by atoms with van der Waals surface area (Å²) in [5.41, 5.74) is 10.6. The van der Waals surface area contributed by atoms with Gasteiger partial charge in [0.25, 0.3) is 5.69 Å². The lowest BCUT2D eigenvalue weighted by Crippen LogP contribution is -2.02. The topological polar surface area (TPSA) is 72.5 Å². The third kappa shape index (κ3) is 3.89. The van der Waals surface area contributed by atoms with Gasteiger partial charge in [-0.3, -0.25) is 15.5 Å². The summed E-state index contributed by atoms with van der Waals surface area (Å²) in [6, 6.07) is 14.7. The van der Waals surface area contributed by atoms with E-state index >= 15 is 0 Å². The van der Waals surface area contributed by atoms with Crippen LogP contribution in [0.3, 0.4) is 0 Å². The maximum Gasteiger partial charge on any atom is 0.269 e. The highest BCUT2D eigenvalue weighted by Gasteiger charge is 2.11. The third-order valence-corrected chi connectivity index (χ3v) is 4.54. The van der Waals surface area contributed by atoms with Gasteiger partial charge in [-0.05, 0) is 57.5 Å². The fourth-order valence-corrected chi connectivity index (χ4v) is 3.18. The zero-order chi connectivity index (χ0) is 19.6. The van der Waals surface area contributed by atoms with E-state index in [0.717, 1.165) is 17.0 Å². The van der Waals surface area contributed by atoms with Crippen LogP contribution in [0.1, 0.15) is 28.1 Å². The molecule has 27 heavy (non-hydrogen) atoms. The average molecular weight is 362 g/mol. The second-order valence-corrected chi connectivity index (χ2v) is 6.63. The minimum Gasteiger partial charge on any atom is -0.318 e. The molecular weight excluding hydrogens is 340 g/mol. The van der Waals surface area contributed by atoms with Crippen molar-refractivity contribution in [2.45, 2.75) is 27.7 Å². The first kappa shape index (κ1) is 18.4. The normalized spacial score (nSPS) is 11.1. The first-order chi connectivity index (χ1) is 12.9. The van der Waals surface area contributed by atoms with Gasteiger partial charge in [0.05, 0.1) is 16.8 Å². The molecule has 6 heteroatoms. The highest BCUT2D eigenvalue weighted by molar-refractivity contribution is 5.82. The van der Waals surface area contributed by atoms with Crippen molar-refractivity contribution in [2.75, 3.05) is 5.43 Å². The SMILES string of the molecule is Cc1ccc(-n2c(C)cc(/C=N\Nc3ccc([N+](=O)[O-])cc3)c2C)c(C)c1. The number of rotatable bonds is 5. The van der Waals surface area contributed by atoms with Crippen molar-refractivity contribution < 1.29 is 4.92 Å². The number of hydrazone groups is 1. The number of benzene rings is 2. The number of aryl methyl sites for hydroxylation is 3. The van der Waals surface area contributed by atoms with Gasteiger partial charge in [0.15, 0.2) is 0 Å². The van der Waals surface area contributed by atoms with Crippen molar-refractivity contribution in [2.24, 2.45) is 5.10 Å². The largest absolute Gasteiger partial charge is 0.318 e. The molecule has 0 fully saturated rings. The highest BCUT2D eigenvalue weighted by atomic mass is 16.6. The molecule has 6 nitrogen and oxygen atoms in total. The summed E-state index contributed by atoms with van der Waals surface area (Å²) in [6.45, 7) is 8.35. The van der Waals surface area contributed by atoms with E-state index in [2.05, 4.69) is 67.1 Å². The second kappa shape index (κ2) is 7.45. The van der Waals surface area contributed by atoms with Crippen LogP contribution in [-0.4, -0.2) is 15.7 Å². The van der Waals surface area contributed by atoms with Gasteiger partial charge in [0.2, 0.25) is 0 Å². The van der Waals surface area contributed by atoms with Gasteiger partial charge in [0.1, 0.15) is 0 Å². The average Bonchev–Trinajstić information content (AvgIpc) is 2.90. The number of nitrogens with one attached hydrogen (secondary N) is 1. The molecule has 138 valence electrons. The molecule has 3 rings (SSSR count). The molecule has 0 saturated carbocycles. The molecule has 2 aromatic carbocycles. The Morgan fingerprint density at radius 3 is 2.37 bits per heavy atom. The number of nitro groups is 1. The summed E-state index contributed by atoms with van der Waals surface area (Å²) in [6.07, 6.45) is 1.77. The van der Waals surface area contributed by atoms with Gasteiger partial charge in [-0.2, -0.15) is 5.10 Å². The van der Waals surface area contributed by atoms with Crippen LogP contribution in [0.5, 0.6) is 0 Å². The van der Waals surface area contributed by atoms with Crippen LogP contribution in [0.4, 0.5) is 11.4 Å². The molecule has 0 bridgehead atoms. The molecule has 1 aromatic heterocycles. The number of anilines is 1. The number of aromatic nitrogens is 1. The molecule has 1 heterocycles. The lowest BCUT2D eigenvalue weighted by atomic mass is 10.1. The van der Waals surface area contributed by atoms with Crippen LogP contribution in [0.25, 0.3) is 5.69 Å². The van der Waals surface area contributed by atoms with Crippen molar-refractivity contribution in [3.05, 3.63) is 86.7 Å². The lowest BCUT2D eigenvalue weighted by Gasteiger charge is -2.13. The van der Waals surface area contributed by atoms with E-state index in [1.807, 2.05) is 0 Å². The van der Waals surface area contributed by atoms with Crippen molar-refractivity contribution in [1.29, 1.82) is 0 Å². The van der Waals surface area contributed by atoms with E-state index in [-0.39, 0.29) is 5.69 Å². The predicted molar refractivity (Wildman–Crippen MR) is 109 cm³/mol. The van der Waals surface area contributed by atoms with Crippen molar-refractivity contribution in [3.8, 4) is 5.69 Å². The number of non-ortho nitro benzene ring substituents is 1. The van der Waals surface area contributed by atoms with E-state index < -0.39 is 4.92 Å². The van der Waals surface area contributed by atoms with Crippen LogP contribution >= 0.6 is 0 Å². The molecule has 3 aromatic rings. The molecule has 0 amide bonds. The maximum absolute atomic E-state index is 10.7. The summed E-state index contributed by atoms with van der Waals surface area (Å²) < 4.78 is 2.22. The van der Waals surface area contributed by atoms with E-state index in [1.165, 1.54) is 28.9 Å². The van der Waals surface area contributed by atoms with Gasteiger partial charge in [-0.1, -0.05) is 17.7 Å². The maximum atomic E-state index is 10.7. The van der Waals surface area contributed by atoms with Crippen molar-refractivity contribution >= 4 is 17.6 Å². The lowest BCUT2D eigenvalue weighted by molar-refractivity contribution is -0.384. The summed E-state index contributed by atoms with van der Waals surface area (Å²) in [5.74, 6) is 0. The van der Waals surface area contributed by atoms with Crippen molar-refractivity contribution in [1.82, 2.24) is 4.57 Å². The zero-order valence-corrected chi connectivity index (χ0v) is 15.9. The Balaban J connectivity index is 1.82. The summed E-state index contributed by atoms with van der Waals surface area (Å²) in [5, 5.41) is 15.0. The summed E-state index contributed by atoms with van der Waals surface area (Å²) in [4.78, 5) is 10.3. The molecule has 0 unspecified atom stereocenters. The fraction of sp³-hybridized carbons (Fsp3) is 0.190. The first-order valence-corrected chi connectivity index (χ1v) is 8.67. The van der Waals surface area contributed by atoms with E-state index in [1.54, 1.807) is 18.3 Å². The van der Waals surface area contributed by atoms with Gasteiger partial charge in [0, 0.05) is 34.8 Å².